The third-order valence-corrected chi connectivity index (χ3v) is 4.57. The second-order valence-electron chi connectivity index (χ2n) is 7.58. The summed E-state index contributed by atoms with van der Waals surface area (Å²) in [5.41, 5.74) is 4.13. The minimum atomic E-state index is -2.17. The van der Waals surface area contributed by atoms with Gasteiger partial charge in [-0.05, 0) is 61.4 Å². The van der Waals surface area contributed by atoms with Crippen LogP contribution in [0.25, 0.3) is 0 Å². The summed E-state index contributed by atoms with van der Waals surface area (Å²) in [7, 11) is -2.17. The Morgan fingerprint density at radius 1 is 0.526 bits per heavy atom. The van der Waals surface area contributed by atoms with E-state index in [1.165, 1.54) is 24.3 Å². The average Bonchev–Trinajstić information content (AvgIpc) is 2.86. The lowest BCUT2D eigenvalue weighted by Crippen LogP contribution is -2.21. The highest BCUT2D eigenvalue weighted by molar-refractivity contribution is 6.30. The van der Waals surface area contributed by atoms with Crippen LogP contribution in [0, 0.1) is 19.3 Å². The van der Waals surface area contributed by atoms with Crippen LogP contribution in [-0.2, 0) is 0 Å². The summed E-state index contributed by atoms with van der Waals surface area (Å²) >= 11 is 0. The Morgan fingerprint density at radius 2 is 0.763 bits per heavy atom. The van der Waals surface area contributed by atoms with Crippen molar-refractivity contribution in [1.82, 2.24) is 0 Å². The zero-order valence-electron chi connectivity index (χ0n) is 20.9. The first-order chi connectivity index (χ1) is 18.0. The maximum absolute atomic E-state index is 8.67. The number of hydrogen-bond donors (Lipinski definition) is 10. The lowest BCUT2D eigenvalue weighted by Gasteiger charge is -2.13. The minimum absolute atomic E-state index is 0.0764. The molecule has 200 valence electrons. The van der Waals surface area contributed by atoms with Crippen molar-refractivity contribution in [2.45, 2.75) is 13.8 Å². The second kappa shape index (κ2) is 16.9. The number of benzene rings is 4. The lowest BCUT2D eigenvalue weighted by molar-refractivity contribution is 0.278. The van der Waals surface area contributed by atoms with E-state index in [4.69, 9.17) is 40.9 Å². The molecular weight excluding hydrogens is 489 g/mol. The van der Waals surface area contributed by atoms with Gasteiger partial charge < -0.3 is 46.1 Å². The molecule has 0 heterocycles. The molecule has 10 nitrogen and oxygen atoms in total. The Morgan fingerprint density at radius 3 is 1.00 bits per heavy atom. The highest BCUT2D eigenvalue weighted by atomic mass is 16.5. The van der Waals surface area contributed by atoms with Gasteiger partial charge in [0.05, 0.1) is 0 Å². The number of anilines is 2. The van der Waals surface area contributed by atoms with Crippen molar-refractivity contribution in [3.05, 3.63) is 108 Å². The number of para-hydroxylation sites is 6. The highest BCUT2D eigenvalue weighted by Gasteiger charge is 2.02. The fourth-order valence-corrected chi connectivity index (χ4v) is 2.66. The predicted octanol–water partition coefficient (Wildman–Crippen LogP) is 3.91. The van der Waals surface area contributed by atoms with Crippen LogP contribution in [0.15, 0.2) is 97.1 Å². The average molecular weight is 521 g/mol. The van der Waals surface area contributed by atoms with Gasteiger partial charge in [-0.3, -0.25) is 5.41 Å². The molecule has 0 saturated heterocycles. The number of phenolic OH excluding ortho intramolecular Hbond substituents is 4. The molecule has 11 heteroatoms. The number of nitrogens with one attached hydrogen (secondary N) is 3. The molecule has 4 aromatic carbocycles. The second-order valence-corrected chi connectivity index (χ2v) is 7.58. The van der Waals surface area contributed by atoms with Crippen LogP contribution in [0.2, 0.25) is 0 Å². The molecule has 0 aliphatic heterocycles. The van der Waals surface area contributed by atoms with E-state index in [1.807, 2.05) is 62.4 Å². The summed E-state index contributed by atoms with van der Waals surface area (Å²) in [5, 5.41) is 70.2. The van der Waals surface area contributed by atoms with E-state index in [0.29, 0.717) is 0 Å². The van der Waals surface area contributed by atoms with Crippen molar-refractivity contribution in [1.29, 1.82) is 5.41 Å². The van der Waals surface area contributed by atoms with Gasteiger partial charge in [0.25, 0.3) is 0 Å². The standard InChI is InChI=1S/C15H17N3.2C6H6O2.BH3O3/c1-11-7-3-5-9-13(11)17-15(16)18-14-10-6-4-8-12(14)2;2*7-5-3-1-2-4-6(5)8;2-1(3)4/h3-10H,1-2H3,(H3,16,17,18);2*1-4,7-8H;2-4H. The van der Waals surface area contributed by atoms with E-state index in [9.17, 15) is 0 Å². The van der Waals surface area contributed by atoms with E-state index in [2.05, 4.69) is 10.6 Å². The molecule has 0 spiro atoms. The van der Waals surface area contributed by atoms with E-state index in [0.717, 1.165) is 22.5 Å². The zero-order chi connectivity index (χ0) is 28.5. The SMILES string of the molecule is Cc1ccccc1NC(=N)Nc1ccccc1C.OB(O)O.Oc1ccccc1O.Oc1ccccc1O. The van der Waals surface area contributed by atoms with Gasteiger partial charge in [-0.25, -0.2) is 0 Å². The molecule has 4 aromatic rings. The van der Waals surface area contributed by atoms with Crippen LogP contribution >= 0.6 is 0 Å². The summed E-state index contributed by atoms with van der Waals surface area (Å²) in [6.45, 7) is 4.03. The maximum atomic E-state index is 8.67. The molecule has 0 radical (unpaired) electrons. The van der Waals surface area contributed by atoms with Crippen LogP contribution < -0.4 is 10.6 Å². The monoisotopic (exact) mass is 521 g/mol. The molecule has 4 rings (SSSR count). The molecule has 38 heavy (non-hydrogen) atoms. The largest absolute Gasteiger partial charge is 0.631 e. The Balaban J connectivity index is 0.000000299. The third kappa shape index (κ3) is 12.8. The molecule has 0 unspecified atom stereocenters. The first-order valence-corrected chi connectivity index (χ1v) is 11.2. The normalized spacial score (nSPS) is 9.18. The number of rotatable bonds is 2. The fourth-order valence-electron chi connectivity index (χ4n) is 2.66. The number of guanidine groups is 1. The quantitative estimate of drug-likeness (QED) is 0.0807. The van der Waals surface area contributed by atoms with Gasteiger partial charge in [-0.1, -0.05) is 60.7 Å². The smallest absolute Gasteiger partial charge is 0.504 e. The predicted molar refractivity (Wildman–Crippen MR) is 149 cm³/mol. The summed E-state index contributed by atoms with van der Waals surface area (Å²) < 4.78 is 0. The van der Waals surface area contributed by atoms with Crippen molar-refractivity contribution >= 4 is 24.7 Å². The van der Waals surface area contributed by atoms with Gasteiger partial charge in [0.1, 0.15) is 0 Å². The van der Waals surface area contributed by atoms with Crippen LogP contribution in [-0.4, -0.2) is 48.8 Å². The van der Waals surface area contributed by atoms with Crippen molar-refractivity contribution in [3.63, 3.8) is 0 Å². The van der Waals surface area contributed by atoms with Gasteiger partial charge in [0.2, 0.25) is 0 Å². The molecule has 0 fully saturated rings. The van der Waals surface area contributed by atoms with E-state index < -0.39 is 7.32 Å². The molecule has 0 atom stereocenters. The summed E-state index contributed by atoms with van der Waals surface area (Å²) in [5.74, 6) is -0.0291. The van der Waals surface area contributed by atoms with E-state index in [-0.39, 0.29) is 29.0 Å². The molecule has 0 aromatic heterocycles. The van der Waals surface area contributed by atoms with Crippen molar-refractivity contribution in [3.8, 4) is 23.0 Å². The van der Waals surface area contributed by atoms with E-state index >= 15 is 0 Å². The number of phenols is 4. The third-order valence-electron chi connectivity index (χ3n) is 4.57. The number of aromatic hydroxyl groups is 4. The Kier molecular flexibility index (Phi) is 13.9. The first-order valence-electron chi connectivity index (χ1n) is 11.2. The summed E-state index contributed by atoms with van der Waals surface area (Å²) in [6, 6.07) is 28.1. The summed E-state index contributed by atoms with van der Waals surface area (Å²) in [4.78, 5) is 0. The minimum Gasteiger partial charge on any atom is -0.504 e. The Bertz CT molecular complexity index is 1130. The molecule has 0 aliphatic rings. The zero-order valence-corrected chi connectivity index (χ0v) is 20.9. The van der Waals surface area contributed by atoms with Gasteiger partial charge in [0.15, 0.2) is 29.0 Å². The Labute approximate surface area is 221 Å². The molecule has 0 amide bonds. The van der Waals surface area contributed by atoms with E-state index in [1.54, 1.807) is 24.3 Å². The number of aryl methyl sites for hydroxylation is 2. The fraction of sp³-hybridized carbons (Fsp3) is 0.0741. The van der Waals surface area contributed by atoms with Gasteiger partial charge in [-0.15, -0.1) is 0 Å². The van der Waals surface area contributed by atoms with Gasteiger partial charge in [0, 0.05) is 11.4 Å². The molecule has 0 bridgehead atoms. The molecule has 10 N–H and O–H groups in total. The summed E-state index contributed by atoms with van der Waals surface area (Å²) in [6.07, 6.45) is 0. The topological polar surface area (TPSA) is 190 Å². The van der Waals surface area contributed by atoms with Crippen molar-refractivity contribution in [2.75, 3.05) is 10.6 Å². The van der Waals surface area contributed by atoms with Crippen LogP contribution in [0.4, 0.5) is 11.4 Å². The maximum Gasteiger partial charge on any atom is 0.631 e. The van der Waals surface area contributed by atoms with Crippen LogP contribution in [0.5, 0.6) is 23.0 Å². The molecule has 0 saturated carbocycles. The van der Waals surface area contributed by atoms with Crippen molar-refractivity contribution in [2.24, 2.45) is 0 Å². The molecule has 0 aliphatic carbocycles. The first kappa shape index (κ1) is 31.3. The highest BCUT2D eigenvalue weighted by Crippen LogP contribution is 2.22. The Hall–Kier alpha value is -4.71. The van der Waals surface area contributed by atoms with Crippen molar-refractivity contribution < 1.29 is 35.5 Å². The van der Waals surface area contributed by atoms with Crippen LogP contribution in [0.3, 0.4) is 0 Å². The number of hydrogen-bond acceptors (Lipinski definition) is 8. The van der Waals surface area contributed by atoms with Gasteiger partial charge >= 0.3 is 7.32 Å². The van der Waals surface area contributed by atoms with Gasteiger partial charge in [-0.2, -0.15) is 0 Å². The van der Waals surface area contributed by atoms with Crippen LogP contribution in [0.1, 0.15) is 11.1 Å². The lowest BCUT2D eigenvalue weighted by atomic mass is 10.2. The molecular formula is C27H32BN3O7.